The monoisotopic (exact) mass is 265 g/mol. The Labute approximate surface area is 112 Å². The van der Waals surface area contributed by atoms with Crippen molar-refractivity contribution in [3.05, 3.63) is 24.0 Å². The molecule has 3 N–H and O–H groups in total. The molecule has 6 heteroatoms. The SMILES string of the molecule is CC(Nc1ccncc1C(=O)O)C(=O)NC(C)(C)C. The third-order valence-electron chi connectivity index (χ3n) is 2.31. The summed E-state index contributed by atoms with van der Waals surface area (Å²) in [6.45, 7) is 7.32. The van der Waals surface area contributed by atoms with Crippen molar-refractivity contribution in [3.63, 3.8) is 0 Å². The van der Waals surface area contributed by atoms with Crippen molar-refractivity contribution < 1.29 is 14.7 Å². The lowest BCUT2D eigenvalue weighted by molar-refractivity contribution is -0.122. The highest BCUT2D eigenvalue weighted by atomic mass is 16.4. The summed E-state index contributed by atoms with van der Waals surface area (Å²) in [5, 5.41) is 14.7. The predicted octanol–water partition coefficient (Wildman–Crippen LogP) is 1.49. The molecule has 0 saturated heterocycles. The number of pyridine rings is 1. The second-order valence-electron chi connectivity index (χ2n) is 5.33. The number of amides is 1. The van der Waals surface area contributed by atoms with Crippen molar-refractivity contribution in [2.45, 2.75) is 39.3 Å². The predicted molar refractivity (Wildman–Crippen MR) is 72.2 cm³/mol. The van der Waals surface area contributed by atoms with Gasteiger partial charge in [-0.15, -0.1) is 0 Å². The summed E-state index contributed by atoms with van der Waals surface area (Å²) < 4.78 is 0. The maximum atomic E-state index is 11.9. The van der Waals surface area contributed by atoms with Crippen LogP contribution in [0.5, 0.6) is 0 Å². The van der Waals surface area contributed by atoms with Crippen LogP contribution in [-0.2, 0) is 4.79 Å². The third-order valence-corrected chi connectivity index (χ3v) is 2.31. The smallest absolute Gasteiger partial charge is 0.339 e. The highest BCUT2D eigenvalue weighted by Gasteiger charge is 2.20. The Balaban J connectivity index is 2.80. The standard InChI is InChI=1S/C13H19N3O3/c1-8(11(17)16-13(2,3)4)15-10-5-6-14-7-9(10)12(18)19/h5-8H,1-4H3,(H,14,15)(H,16,17)(H,18,19). The molecule has 1 aromatic rings. The number of aromatic carboxylic acids is 1. The number of nitrogens with one attached hydrogen (secondary N) is 2. The molecule has 104 valence electrons. The van der Waals surface area contributed by atoms with E-state index in [0.717, 1.165) is 0 Å². The summed E-state index contributed by atoms with van der Waals surface area (Å²) in [4.78, 5) is 26.7. The van der Waals surface area contributed by atoms with Crippen molar-refractivity contribution in [1.29, 1.82) is 0 Å². The summed E-state index contributed by atoms with van der Waals surface area (Å²) in [5.74, 6) is -1.28. The molecule has 6 nitrogen and oxygen atoms in total. The molecule has 0 saturated carbocycles. The minimum atomic E-state index is -1.08. The Kier molecular flexibility index (Phi) is 4.47. The van der Waals surface area contributed by atoms with Crippen LogP contribution in [-0.4, -0.2) is 33.5 Å². The largest absolute Gasteiger partial charge is 0.478 e. The van der Waals surface area contributed by atoms with Crippen LogP contribution in [0, 0.1) is 0 Å². The highest BCUT2D eigenvalue weighted by Crippen LogP contribution is 2.14. The molecule has 19 heavy (non-hydrogen) atoms. The van der Waals surface area contributed by atoms with E-state index in [4.69, 9.17) is 5.11 Å². The van der Waals surface area contributed by atoms with Crippen molar-refractivity contribution in [2.75, 3.05) is 5.32 Å². The summed E-state index contributed by atoms with van der Waals surface area (Å²) >= 11 is 0. The first-order valence-corrected chi connectivity index (χ1v) is 5.96. The summed E-state index contributed by atoms with van der Waals surface area (Å²) in [5.41, 5.74) is 0.0814. The minimum absolute atomic E-state index is 0.0397. The van der Waals surface area contributed by atoms with Gasteiger partial charge in [0.25, 0.3) is 0 Å². The number of aromatic nitrogens is 1. The molecule has 0 aliphatic carbocycles. The number of hydrogen-bond donors (Lipinski definition) is 3. The van der Waals surface area contributed by atoms with E-state index in [2.05, 4.69) is 15.6 Å². The molecule has 0 aromatic carbocycles. The molecule has 0 spiro atoms. The topological polar surface area (TPSA) is 91.3 Å². The number of carbonyl (C=O) groups excluding carboxylic acids is 1. The van der Waals surface area contributed by atoms with Gasteiger partial charge in [-0.1, -0.05) is 0 Å². The normalized spacial score (nSPS) is 12.6. The van der Waals surface area contributed by atoms with Gasteiger partial charge in [0.05, 0.1) is 5.69 Å². The van der Waals surface area contributed by atoms with Crippen molar-refractivity contribution in [3.8, 4) is 0 Å². The Bertz CT molecular complexity index is 480. The number of hydrogen-bond acceptors (Lipinski definition) is 4. The first kappa shape index (κ1) is 14.9. The average Bonchev–Trinajstić information content (AvgIpc) is 2.27. The Morgan fingerprint density at radius 3 is 2.53 bits per heavy atom. The molecule has 0 fully saturated rings. The Morgan fingerprint density at radius 2 is 2.00 bits per heavy atom. The lowest BCUT2D eigenvalue weighted by Crippen LogP contribution is -2.47. The van der Waals surface area contributed by atoms with Crippen molar-refractivity contribution in [1.82, 2.24) is 10.3 Å². The maximum Gasteiger partial charge on any atom is 0.339 e. The Morgan fingerprint density at radius 1 is 1.37 bits per heavy atom. The zero-order valence-electron chi connectivity index (χ0n) is 11.5. The van der Waals surface area contributed by atoms with Crippen LogP contribution in [0.1, 0.15) is 38.1 Å². The van der Waals surface area contributed by atoms with E-state index < -0.39 is 12.0 Å². The van der Waals surface area contributed by atoms with E-state index in [-0.39, 0.29) is 17.0 Å². The molecule has 1 unspecified atom stereocenters. The summed E-state index contributed by atoms with van der Waals surface area (Å²) in [7, 11) is 0. The highest BCUT2D eigenvalue weighted by molar-refractivity contribution is 5.95. The van der Waals surface area contributed by atoms with Gasteiger partial charge in [0, 0.05) is 17.9 Å². The number of carboxylic acids is 1. The number of carboxylic acid groups (broad SMARTS) is 1. The number of anilines is 1. The van der Waals surface area contributed by atoms with Crippen molar-refractivity contribution in [2.24, 2.45) is 0 Å². The van der Waals surface area contributed by atoms with Gasteiger partial charge in [-0.25, -0.2) is 4.79 Å². The van der Waals surface area contributed by atoms with E-state index >= 15 is 0 Å². The van der Waals surface area contributed by atoms with Gasteiger partial charge in [0.2, 0.25) is 5.91 Å². The first-order valence-electron chi connectivity index (χ1n) is 5.96. The molecule has 0 aliphatic heterocycles. The van der Waals surface area contributed by atoms with Gasteiger partial charge >= 0.3 is 5.97 Å². The van der Waals surface area contributed by atoms with Crippen LogP contribution in [0.4, 0.5) is 5.69 Å². The zero-order chi connectivity index (χ0) is 14.6. The molecular weight excluding hydrogens is 246 g/mol. The second kappa shape index (κ2) is 5.69. The molecule has 0 aliphatic rings. The quantitative estimate of drug-likeness (QED) is 0.767. The zero-order valence-corrected chi connectivity index (χ0v) is 11.5. The molecule has 1 atom stereocenters. The van der Waals surface area contributed by atoms with Gasteiger partial charge in [-0.2, -0.15) is 0 Å². The molecule has 0 bridgehead atoms. The average molecular weight is 265 g/mol. The fourth-order valence-electron chi connectivity index (χ4n) is 1.47. The van der Waals surface area contributed by atoms with E-state index in [1.165, 1.54) is 18.5 Å². The van der Waals surface area contributed by atoms with Crippen LogP contribution in [0.2, 0.25) is 0 Å². The summed E-state index contributed by atoms with van der Waals surface area (Å²) in [6, 6.07) is 0.990. The fourth-order valence-corrected chi connectivity index (χ4v) is 1.47. The van der Waals surface area contributed by atoms with Crippen molar-refractivity contribution >= 4 is 17.6 Å². The third kappa shape index (κ3) is 4.57. The lowest BCUT2D eigenvalue weighted by atomic mass is 10.1. The van der Waals surface area contributed by atoms with Gasteiger partial charge in [-0.05, 0) is 33.8 Å². The first-order chi connectivity index (χ1) is 8.70. The van der Waals surface area contributed by atoms with E-state index in [1.807, 2.05) is 20.8 Å². The summed E-state index contributed by atoms with van der Waals surface area (Å²) in [6.07, 6.45) is 2.72. The fraction of sp³-hybridized carbons (Fsp3) is 0.462. The molecule has 0 radical (unpaired) electrons. The number of carbonyl (C=O) groups is 2. The lowest BCUT2D eigenvalue weighted by Gasteiger charge is -2.24. The number of nitrogens with zero attached hydrogens (tertiary/aromatic N) is 1. The van der Waals surface area contributed by atoms with Gasteiger partial charge < -0.3 is 15.7 Å². The van der Waals surface area contributed by atoms with E-state index in [9.17, 15) is 9.59 Å². The van der Waals surface area contributed by atoms with Gasteiger partial charge in [-0.3, -0.25) is 9.78 Å². The molecule has 1 rings (SSSR count). The molecule has 1 heterocycles. The van der Waals surface area contributed by atoms with E-state index in [0.29, 0.717) is 5.69 Å². The van der Waals surface area contributed by atoms with Crippen LogP contribution in [0.25, 0.3) is 0 Å². The minimum Gasteiger partial charge on any atom is -0.478 e. The maximum absolute atomic E-state index is 11.9. The molecule has 1 aromatic heterocycles. The second-order valence-corrected chi connectivity index (χ2v) is 5.33. The Hall–Kier alpha value is -2.11. The van der Waals surface area contributed by atoms with Crippen LogP contribution in [0.15, 0.2) is 18.5 Å². The van der Waals surface area contributed by atoms with E-state index in [1.54, 1.807) is 6.92 Å². The van der Waals surface area contributed by atoms with Gasteiger partial charge in [0.15, 0.2) is 0 Å². The van der Waals surface area contributed by atoms with Crippen LogP contribution in [0.3, 0.4) is 0 Å². The van der Waals surface area contributed by atoms with Gasteiger partial charge in [0.1, 0.15) is 11.6 Å². The molecular formula is C13H19N3O3. The van der Waals surface area contributed by atoms with Crippen LogP contribution < -0.4 is 10.6 Å². The van der Waals surface area contributed by atoms with Crippen LogP contribution >= 0.6 is 0 Å². The molecule has 1 amide bonds. The number of rotatable bonds is 4.